The summed E-state index contributed by atoms with van der Waals surface area (Å²) in [4.78, 5) is 2.47. The molecule has 1 aliphatic heterocycles. The molecule has 1 aliphatic rings. The van der Waals surface area contributed by atoms with Crippen molar-refractivity contribution < 1.29 is 8.98 Å². The summed E-state index contributed by atoms with van der Waals surface area (Å²) in [6.45, 7) is 7.93. The first-order valence-electron chi connectivity index (χ1n) is 13.8. The van der Waals surface area contributed by atoms with Crippen LogP contribution < -0.4 is 9.47 Å². The van der Waals surface area contributed by atoms with Gasteiger partial charge in [0.15, 0.2) is 6.20 Å². The monoisotopic (exact) mass is 509 g/mol. The van der Waals surface area contributed by atoms with Crippen molar-refractivity contribution in [2.24, 2.45) is 7.05 Å². The number of fused-ring (bicyclic) bond motifs is 4. The molecular formula is C36H33N2O+. The quantitative estimate of drug-likeness (QED) is 0.222. The van der Waals surface area contributed by atoms with E-state index in [2.05, 4.69) is 141 Å². The third-order valence-electron chi connectivity index (χ3n) is 8.51. The molecule has 6 aromatic rings. The Bertz CT molecular complexity index is 1860. The number of aryl methyl sites for hydroxylation is 2. The van der Waals surface area contributed by atoms with Crippen LogP contribution in [0.3, 0.4) is 0 Å². The van der Waals surface area contributed by atoms with Gasteiger partial charge in [-0.15, -0.1) is 0 Å². The number of anilines is 2. The molecule has 4 aromatic carbocycles. The third-order valence-corrected chi connectivity index (χ3v) is 8.51. The van der Waals surface area contributed by atoms with Gasteiger partial charge in [0.05, 0.1) is 5.56 Å². The zero-order chi connectivity index (χ0) is 26.7. The summed E-state index contributed by atoms with van der Waals surface area (Å²) in [5.74, 6) is 0. The summed E-state index contributed by atoms with van der Waals surface area (Å²) in [7, 11) is 2.10. The molecule has 3 heteroatoms. The van der Waals surface area contributed by atoms with Crippen molar-refractivity contribution in [3.63, 3.8) is 0 Å². The molecule has 0 fully saturated rings. The van der Waals surface area contributed by atoms with Gasteiger partial charge in [-0.05, 0) is 59.7 Å². The van der Waals surface area contributed by atoms with E-state index in [-0.39, 0.29) is 5.41 Å². The van der Waals surface area contributed by atoms with E-state index in [0.717, 1.165) is 51.7 Å². The Kier molecular flexibility index (Phi) is 5.38. The summed E-state index contributed by atoms with van der Waals surface area (Å²) in [6, 6.07) is 34.9. The van der Waals surface area contributed by atoms with Crippen LogP contribution in [0, 0.1) is 6.92 Å². The number of nitrogens with zero attached hydrogens (tertiary/aromatic N) is 2. The van der Waals surface area contributed by atoms with E-state index < -0.39 is 0 Å². The molecule has 7 rings (SSSR count). The minimum Gasteiger partial charge on any atom is -0.454 e. The molecule has 0 spiro atoms. The second-order valence-electron chi connectivity index (χ2n) is 11.4. The van der Waals surface area contributed by atoms with Crippen molar-refractivity contribution in [1.29, 1.82) is 0 Å². The molecule has 0 radical (unpaired) electrons. The van der Waals surface area contributed by atoms with Gasteiger partial charge in [0, 0.05) is 46.4 Å². The molecule has 3 heterocycles. The number of aromatic nitrogens is 1. The first-order valence-corrected chi connectivity index (χ1v) is 13.8. The van der Waals surface area contributed by atoms with E-state index in [1.165, 1.54) is 28.1 Å². The van der Waals surface area contributed by atoms with Crippen LogP contribution in [0.1, 0.15) is 31.4 Å². The lowest BCUT2D eigenvalue weighted by Gasteiger charge is -2.41. The van der Waals surface area contributed by atoms with Gasteiger partial charge in [-0.1, -0.05) is 74.5 Å². The fourth-order valence-corrected chi connectivity index (χ4v) is 6.49. The average Bonchev–Trinajstić information content (AvgIpc) is 3.33. The maximum absolute atomic E-state index is 6.90. The van der Waals surface area contributed by atoms with Gasteiger partial charge < -0.3 is 9.32 Å². The SMILES string of the molecule is Cc1ccc2c(oc3c(-c4cccc5c4C(C)(C)CCN5c4ccccc4)cccc32)c1-c1cccc[n+]1C. The smallest absolute Gasteiger partial charge is 0.216 e. The van der Waals surface area contributed by atoms with Gasteiger partial charge in [0.25, 0.3) is 0 Å². The lowest BCUT2D eigenvalue weighted by molar-refractivity contribution is -0.660. The minimum absolute atomic E-state index is 0.0327. The van der Waals surface area contributed by atoms with Gasteiger partial charge in [-0.25, -0.2) is 4.57 Å². The van der Waals surface area contributed by atoms with Crippen LogP contribution in [-0.4, -0.2) is 6.54 Å². The Morgan fingerprint density at radius 3 is 2.31 bits per heavy atom. The van der Waals surface area contributed by atoms with Crippen molar-refractivity contribution >= 4 is 33.3 Å². The Morgan fingerprint density at radius 2 is 1.49 bits per heavy atom. The van der Waals surface area contributed by atoms with Gasteiger partial charge >= 0.3 is 0 Å². The number of benzene rings is 4. The first kappa shape index (κ1) is 23.7. The fourth-order valence-electron chi connectivity index (χ4n) is 6.49. The van der Waals surface area contributed by atoms with Crippen LogP contribution >= 0.6 is 0 Å². The molecule has 0 saturated heterocycles. The number of rotatable bonds is 3. The molecule has 0 saturated carbocycles. The Hall–Kier alpha value is -4.37. The maximum Gasteiger partial charge on any atom is 0.216 e. The molecule has 2 aromatic heterocycles. The normalized spacial score (nSPS) is 14.6. The van der Waals surface area contributed by atoms with Crippen molar-refractivity contribution in [3.8, 4) is 22.4 Å². The largest absolute Gasteiger partial charge is 0.454 e. The lowest BCUT2D eigenvalue weighted by atomic mass is 9.74. The van der Waals surface area contributed by atoms with Gasteiger partial charge in [-0.2, -0.15) is 0 Å². The topological polar surface area (TPSA) is 20.3 Å². The average molecular weight is 510 g/mol. The van der Waals surface area contributed by atoms with Crippen molar-refractivity contribution in [2.45, 2.75) is 32.6 Å². The molecule has 192 valence electrons. The molecule has 3 nitrogen and oxygen atoms in total. The Morgan fingerprint density at radius 1 is 0.744 bits per heavy atom. The summed E-state index contributed by atoms with van der Waals surface area (Å²) in [6.07, 6.45) is 3.17. The minimum atomic E-state index is 0.0327. The van der Waals surface area contributed by atoms with Crippen LogP contribution in [0.15, 0.2) is 108 Å². The zero-order valence-electron chi connectivity index (χ0n) is 23.0. The predicted octanol–water partition coefficient (Wildman–Crippen LogP) is 8.87. The van der Waals surface area contributed by atoms with Gasteiger partial charge in [-0.3, -0.25) is 0 Å². The Labute approximate surface area is 229 Å². The molecule has 0 bridgehead atoms. The van der Waals surface area contributed by atoms with E-state index in [1.807, 2.05) is 0 Å². The summed E-state index contributed by atoms with van der Waals surface area (Å²) in [5, 5.41) is 2.32. The summed E-state index contributed by atoms with van der Waals surface area (Å²) in [5.41, 5.74) is 11.8. The highest BCUT2D eigenvalue weighted by molar-refractivity contribution is 6.13. The van der Waals surface area contributed by atoms with Crippen molar-refractivity contribution in [2.75, 3.05) is 11.4 Å². The number of furan rings is 1. The zero-order valence-corrected chi connectivity index (χ0v) is 23.0. The number of hydrogen-bond acceptors (Lipinski definition) is 2. The van der Waals surface area contributed by atoms with Crippen LogP contribution in [-0.2, 0) is 12.5 Å². The number of hydrogen-bond donors (Lipinski definition) is 0. The van der Waals surface area contributed by atoms with E-state index in [1.54, 1.807) is 0 Å². The Balaban J connectivity index is 1.50. The third kappa shape index (κ3) is 3.68. The van der Waals surface area contributed by atoms with Crippen molar-refractivity contribution in [3.05, 3.63) is 114 Å². The summed E-state index contributed by atoms with van der Waals surface area (Å²) < 4.78 is 9.07. The molecule has 0 atom stereocenters. The van der Waals surface area contributed by atoms with E-state index in [9.17, 15) is 0 Å². The van der Waals surface area contributed by atoms with Gasteiger partial charge in [0.1, 0.15) is 18.2 Å². The molecule has 0 N–H and O–H groups in total. The molecule has 0 unspecified atom stereocenters. The molecule has 0 aliphatic carbocycles. The van der Waals surface area contributed by atoms with Crippen LogP contribution in [0.5, 0.6) is 0 Å². The second kappa shape index (κ2) is 8.84. The highest BCUT2D eigenvalue weighted by Crippen LogP contribution is 2.49. The molecule has 39 heavy (non-hydrogen) atoms. The molecular weight excluding hydrogens is 476 g/mol. The number of para-hydroxylation sites is 2. The van der Waals surface area contributed by atoms with E-state index in [4.69, 9.17) is 4.42 Å². The highest BCUT2D eigenvalue weighted by atomic mass is 16.3. The second-order valence-corrected chi connectivity index (χ2v) is 11.4. The van der Waals surface area contributed by atoms with E-state index in [0.29, 0.717) is 0 Å². The van der Waals surface area contributed by atoms with Crippen molar-refractivity contribution in [1.82, 2.24) is 0 Å². The van der Waals surface area contributed by atoms with Crippen LogP contribution in [0.25, 0.3) is 44.3 Å². The first-order chi connectivity index (χ1) is 18.9. The summed E-state index contributed by atoms with van der Waals surface area (Å²) >= 11 is 0. The van der Waals surface area contributed by atoms with Gasteiger partial charge in [0.2, 0.25) is 5.69 Å². The number of pyridine rings is 1. The van der Waals surface area contributed by atoms with Crippen LogP contribution in [0.2, 0.25) is 0 Å². The van der Waals surface area contributed by atoms with Crippen LogP contribution in [0.4, 0.5) is 11.4 Å². The standard InChI is InChI=1S/C36H33N2O/c1-24-19-20-29-28-16-10-15-27(34(28)39-35(29)32(24)30-17-8-9-22-37(30)4)26-14-11-18-31-33(26)36(2,3)21-23-38(31)25-12-6-5-7-13-25/h5-20,22H,21,23H2,1-4H3/q+1. The van der Waals surface area contributed by atoms with E-state index >= 15 is 0 Å². The predicted molar refractivity (Wildman–Crippen MR) is 162 cm³/mol. The lowest BCUT2D eigenvalue weighted by Crippen LogP contribution is -2.35. The highest BCUT2D eigenvalue weighted by Gasteiger charge is 2.35. The molecule has 0 amide bonds. The fraction of sp³-hybridized carbons (Fsp3) is 0.194. The maximum atomic E-state index is 6.90.